The fourth-order valence-corrected chi connectivity index (χ4v) is 3.63. The van der Waals surface area contributed by atoms with Gasteiger partial charge >= 0.3 is 0 Å². The predicted molar refractivity (Wildman–Crippen MR) is 124 cm³/mol. The van der Waals surface area contributed by atoms with E-state index in [9.17, 15) is 18.8 Å². The van der Waals surface area contributed by atoms with Gasteiger partial charge in [0.05, 0.1) is 0 Å². The Balaban J connectivity index is 1.52. The summed E-state index contributed by atoms with van der Waals surface area (Å²) >= 11 is 0. The molecule has 0 saturated heterocycles. The number of halogens is 2. The Bertz CT molecular complexity index is 1580. The van der Waals surface area contributed by atoms with Crippen LogP contribution in [-0.4, -0.2) is 28.0 Å². The molecule has 9 nitrogen and oxygen atoms in total. The lowest BCUT2D eigenvalue weighted by atomic mass is 10.0. The van der Waals surface area contributed by atoms with Crippen molar-refractivity contribution in [3.63, 3.8) is 0 Å². The lowest BCUT2D eigenvalue weighted by Gasteiger charge is -2.19. The monoisotopic (exact) mass is 490 g/mol. The van der Waals surface area contributed by atoms with Gasteiger partial charge in [-0.15, -0.1) is 0 Å². The Morgan fingerprint density at radius 1 is 1.06 bits per heavy atom. The van der Waals surface area contributed by atoms with Crippen molar-refractivity contribution in [1.82, 2.24) is 9.55 Å². The summed E-state index contributed by atoms with van der Waals surface area (Å²) in [5.74, 6) is -2.29. The minimum absolute atomic E-state index is 0.0784. The SMILES string of the molecule is NC(=O)c1cn(-c2ccc(Oc3ccnc4c3OCC(=O)N4)c(F)c2)cc(-c2ccc(F)cc2)c1=O. The maximum atomic E-state index is 15.1. The summed E-state index contributed by atoms with van der Waals surface area (Å²) in [6.07, 6.45) is 3.97. The number of amides is 2. The van der Waals surface area contributed by atoms with Gasteiger partial charge in [-0.25, -0.2) is 13.8 Å². The molecule has 11 heteroatoms. The molecule has 180 valence electrons. The Labute approximate surface area is 201 Å². The molecule has 1 aliphatic rings. The van der Waals surface area contributed by atoms with Crippen molar-refractivity contribution in [2.24, 2.45) is 5.73 Å². The van der Waals surface area contributed by atoms with Crippen molar-refractivity contribution >= 4 is 17.6 Å². The number of benzene rings is 2. The van der Waals surface area contributed by atoms with Gasteiger partial charge in [0, 0.05) is 42.0 Å². The van der Waals surface area contributed by atoms with Crippen LogP contribution in [-0.2, 0) is 4.79 Å². The topological polar surface area (TPSA) is 126 Å². The number of hydrogen-bond acceptors (Lipinski definition) is 6. The third-order valence-electron chi connectivity index (χ3n) is 5.35. The molecule has 2 aromatic heterocycles. The molecule has 3 heterocycles. The van der Waals surface area contributed by atoms with Gasteiger partial charge in [-0.1, -0.05) is 12.1 Å². The summed E-state index contributed by atoms with van der Waals surface area (Å²) in [5, 5.41) is 2.54. The van der Waals surface area contributed by atoms with Gasteiger partial charge in [0.2, 0.25) is 11.2 Å². The number of nitrogens with two attached hydrogens (primary N) is 1. The molecule has 1 aliphatic heterocycles. The second kappa shape index (κ2) is 8.95. The second-order valence-corrected chi connectivity index (χ2v) is 7.73. The number of primary amides is 1. The van der Waals surface area contributed by atoms with E-state index < -0.39 is 23.0 Å². The average molecular weight is 490 g/mol. The number of hydrogen-bond donors (Lipinski definition) is 2. The van der Waals surface area contributed by atoms with E-state index in [-0.39, 0.29) is 52.4 Å². The minimum atomic E-state index is -0.965. The number of ether oxygens (including phenoxy) is 2. The van der Waals surface area contributed by atoms with Crippen LogP contribution in [0.5, 0.6) is 17.2 Å². The van der Waals surface area contributed by atoms with Crippen LogP contribution < -0.4 is 26.0 Å². The largest absolute Gasteiger partial charge is 0.476 e. The highest BCUT2D eigenvalue weighted by Crippen LogP contribution is 2.39. The van der Waals surface area contributed by atoms with Crippen molar-refractivity contribution in [2.75, 3.05) is 11.9 Å². The van der Waals surface area contributed by atoms with Gasteiger partial charge in [-0.05, 0) is 29.8 Å². The van der Waals surface area contributed by atoms with Crippen LogP contribution >= 0.6 is 0 Å². The van der Waals surface area contributed by atoms with Crippen molar-refractivity contribution in [3.05, 3.63) is 94.5 Å². The number of aromatic nitrogens is 2. The number of anilines is 1. The van der Waals surface area contributed by atoms with Gasteiger partial charge in [0.1, 0.15) is 11.4 Å². The first-order valence-electron chi connectivity index (χ1n) is 10.5. The first kappa shape index (κ1) is 22.7. The molecule has 0 fully saturated rings. The lowest BCUT2D eigenvalue weighted by molar-refractivity contribution is -0.118. The third-order valence-corrected chi connectivity index (χ3v) is 5.35. The van der Waals surface area contributed by atoms with Crippen molar-refractivity contribution in [2.45, 2.75) is 0 Å². The molecular formula is C25H16F2N4O5. The van der Waals surface area contributed by atoms with Crippen LogP contribution in [0.3, 0.4) is 0 Å². The third kappa shape index (κ3) is 4.25. The molecular weight excluding hydrogens is 474 g/mol. The van der Waals surface area contributed by atoms with Gasteiger partial charge < -0.3 is 25.1 Å². The Morgan fingerprint density at radius 3 is 2.56 bits per heavy atom. The van der Waals surface area contributed by atoms with Crippen LogP contribution in [0.1, 0.15) is 10.4 Å². The van der Waals surface area contributed by atoms with E-state index >= 15 is 4.39 Å². The Kier molecular flexibility index (Phi) is 5.65. The molecule has 0 unspecified atom stereocenters. The number of carbonyl (C=O) groups excluding carboxylic acids is 2. The normalized spacial score (nSPS) is 12.3. The van der Waals surface area contributed by atoms with E-state index in [1.54, 1.807) is 0 Å². The number of rotatable bonds is 5. The van der Waals surface area contributed by atoms with E-state index in [1.807, 2.05) is 0 Å². The Hall–Kier alpha value is -5.06. The lowest BCUT2D eigenvalue weighted by Crippen LogP contribution is -2.26. The quantitative estimate of drug-likeness (QED) is 0.442. The van der Waals surface area contributed by atoms with Gasteiger partial charge in [0.15, 0.2) is 29.7 Å². The number of nitrogens with one attached hydrogen (secondary N) is 1. The first-order chi connectivity index (χ1) is 17.3. The zero-order valence-electron chi connectivity index (χ0n) is 18.3. The highest BCUT2D eigenvalue weighted by molar-refractivity contribution is 5.95. The van der Waals surface area contributed by atoms with E-state index in [1.165, 1.54) is 65.6 Å². The van der Waals surface area contributed by atoms with Crippen LogP contribution in [0.2, 0.25) is 0 Å². The Morgan fingerprint density at radius 2 is 1.83 bits per heavy atom. The molecule has 36 heavy (non-hydrogen) atoms. The molecule has 0 radical (unpaired) electrons. The molecule has 0 spiro atoms. The van der Waals surface area contributed by atoms with E-state index in [0.29, 0.717) is 5.56 Å². The van der Waals surface area contributed by atoms with Crippen LogP contribution in [0.15, 0.2) is 71.9 Å². The summed E-state index contributed by atoms with van der Waals surface area (Å²) in [5.41, 5.74) is 5.12. The molecule has 2 amide bonds. The summed E-state index contributed by atoms with van der Waals surface area (Å²) < 4.78 is 40.8. The molecule has 3 N–H and O–H groups in total. The smallest absolute Gasteiger partial charge is 0.263 e. The number of fused-ring (bicyclic) bond motifs is 1. The van der Waals surface area contributed by atoms with Crippen molar-refractivity contribution < 1.29 is 27.8 Å². The zero-order chi connectivity index (χ0) is 25.4. The summed E-state index contributed by atoms with van der Waals surface area (Å²) in [7, 11) is 0. The fourth-order valence-electron chi connectivity index (χ4n) is 3.63. The predicted octanol–water partition coefficient (Wildman–Crippen LogP) is 3.40. The minimum Gasteiger partial charge on any atom is -0.476 e. The van der Waals surface area contributed by atoms with Crippen LogP contribution in [0.4, 0.5) is 14.6 Å². The number of carbonyl (C=O) groups is 2. The maximum Gasteiger partial charge on any atom is 0.263 e. The number of nitrogens with zero attached hydrogens (tertiary/aromatic N) is 2. The molecule has 5 rings (SSSR count). The summed E-state index contributed by atoms with van der Waals surface area (Å²) in [4.78, 5) is 40.2. The van der Waals surface area contributed by atoms with Gasteiger partial charge in [-0.3, -0.25) is 14.4 Å². The average Bonchev–Trinajstić information content (AvgIpc) is 2.86. The van der Waals surface area contributed by atoms with Gasteiger partial charge in [0.25, 0.3) is 11.8 Å². The van der Waals surface area contributed by atoms with Crippen LogP contribution in [0.25, 0.3) is 16.8 Å². The fraction of sp³-hybridized carbons (Fsp3) is 0.0400. The summed E-state index contributed by atoms with van der Waals surface area (Å²) in [6, 6.07) is 10.6. The van der Waals surface area contributed by atoms with Crippen molar-refractivity contribution in [3.8, 4) is 34.1 Å². The molecule has 0 saturated carbocycles. The standard InChI is InChI=1S/C25H16F2N4O5/c26-14-3-1-13(2-4-14)16-10-31(11-17(22(16)33)24(28)34)15-5-6-19(18(27)9-15)36-20-7-8-29-25-23(20)35-12-21(32)30-25/h1-11H,12H2,(H2,28,34)(H,29,30,32). The zero-order valence-corrected chi connectivity index (χ0v) is 18.3. The van der Waals surface area contributed by atoms with E-state index in [4.69, 9.17) is 15.2 Å². The first-order valence-corrected chi connectivity index (χ1v) is 10.5. The molecule has 2 aromatic carbocycles. The van der Waals surface area contributed by atoms with Crippen LogP contribution in [0, 0.1) is 11.6 Å². The highest BCUT2D eigenvalue weighted by Gasteiger charge is 2.22. The highest BCUT2D eigenvalue weighted by atomic mass is 19.1. The molecule has 4 aromatic rings. The second-order valence-electron chi connectivity index (χ2n) is 7.73. The molecule has 0 atom stereocenters. The molecule has 0 bridgehead atoms. The van der Waals surface area contributed by atoms with E-state index in [2.05, 4.69) is 10.3 Å². The molecule has 0 aliphatic carbocycles. The maximum absolute atomic E-state index is 15.1. The van der Waals surface area contributed by atoms with E-state index in [0.717, 1.165) is 6.07 Å². The number of pyridine rings is 2. The van der Waals surface area contributed by atoms with Crippen molar-refractivity contribution in [1.29, 1.82) is 0 Å². The summed E-state index contributed by atoms with van der Waals surface area (Å²) in [6.45, 7) is -0.235. The van der Waals surface area contributed by atoms with Gasteiger partial charge in [-0.2, -0.15) is 0 Å².